The summed E-state index contributed by atoms with van der Waals surface area (Å²) in [6.07, 6.45) is 3.58. The number of nitriles is 1. The van der Waals surface area contributed by atoms with Crippen molar-refractivity contribution in [1.29, 1.82) is 5.26 Å². The van der Waals surface area contributed by atoms with Crippen LogP contribution in [0.2, 0.25) is 0 Å². The van der Waals surface area contributed by atoms with E-state index in [0.29, 0.717) is 6.54 Å². The Morgan fingerprint density at radius 1 is 1.42 bits per heavy atom. The standard InChI is InChI=1S/C23H30N4O3S/c1-3-27-19-20(23(19,14-24)22(29)30)31-18(21(27)28)15(2)25-17-8-6-7-16(13-17)9-12-26-10-4-5-11-26/h6-8,13,15,18-20,25H,3-5,9-12H2,1-2H3,(H,29,30)/t15-,18?,19?,20?,23?/m0/s1. The fourth-order valence-electron chi connectivity index (χ4n) is 5.00. The third-order valence-corrected chi connectivity index (χ3v) is 8.64. The highest BCUT2D eigenvalue weighted by molar-refractivity contribution is 8.01. The van der Waals surface area contributed by atoms with Gasteiger partial charge in [0.2, 0.25) is 5.91 Å². The first-order chi connectivity index (χ1) is 14.9. The normalized spacial score (nSPS) is 31.1. The molecule has 3 aliphatic rings. The lowest BCUT2D eigenvalue weighted by molar-refractivity contribution is -0.142. The summed E-state index contributed by atoms with van der Waals surface area (Å²) in [5.74, 6) is -1.21. The number of rotatable bonds is 8. The van der Waals surface area contributed by atoms with Gasteiger partial charge in [0.1, 0.15) is 5.25 Å². The number of nitrogens with zero attached hydrogens (tertiary/aromatic N) is 3. The molecule has 31 heavy (non-hydrogen) atoms. The molecular formula is C23H30N4O3S. The molecule has 0 spiro atoms. The van der Waals surface area contributed by atoms with Gasteiger partial charge in [0.15, 0.2) is 5.41 Å². The first-order valence-corrected chi connectivity index (χ1v) is 12.0. The molecule has 2 aliphatic heterocycles. The molecule has 2 heterocycles. The number of benzene rings is 1. The average molecular weight is 443 g/mol. The first kappa shape index (κ1) is 22.0. The van der Waals surface area contributed by atoms with Crippen LogP contribution in [0.4, 0.5) is 5.69 Å². The van der Waals surface area contributed by atoms with Gasteiger partial charge in [-0.3, -0.25) is 9.59 Å². The van der Waals surface area contributed by atoms with E-state index in [1.807, 2.05) is 32.0 Å². The minimum absolute atomic E-state index is 0.0858. The molecule has 4 rings (SSSR count). The third-order valence-electron chi connectivity index (χ3n) is 6.82. The maximum Gasteiger partial charge on any atom is 0.327 e. The molecule has 1 saturated carbocycles. The van der Waals surface area contributed by atoms with Crippen LogP contribution in [0.25, 0.3) is 0 Å². The summed E-state index contributed by atoms with van der Waals surface area (Å²) in [7, 11) is 0. The number of hydrogen-bond donors (Lipinski definition) is 2. The fourth-order valence-corrected chi connectivity index (χ4v) is 6.82. The molecule has 166 valence electrons. The number of nitrogens with one attached hydrogen (secondary N) is 1. The van der Waals surface area contributed by atoms with Crippen molar-refractivity contribution < 1.29 is 14.7 Å². The van der Waals surface area contributed by atoms with Crippen LogP contribution in [0.5, 0.6) is 0 Å². The van der Waals surface area contributed by atoms with Gasteiger partial charge in [-0.1, -0.05) is 12.1 Å². The van der Waals surface area contributed by atoms with E-state index in [1.165, 1.54) is 43.3 Å². The SMILES string of the molecule is CCN1C(=O)C([C@H](C)Nc2cccc(CCN3CCCC3)c2)SC2C1C2(C#N)C(=O)O. The fraction of sp³-hybridized carbons (Fsp3) is 0.609. The van der Waals surface area contributed by atoms with Crippen LogP contribution >= 0.6 is 11.8 Å². The van der Waals surface area contributed by atoms with Crippen molar-refractivity contribution in [1.82, 2.24) is 9.80 Å². The highest BCUT2D eigenvalue weighted by Crippen LogP contribution is 2.61. The maximum absolute atomic E-state index is 13.1. The number of anilines is 1. The summed E-state index contributed by atoms with van der Waals surface area (Å²) in [6.45, 7) is 7.64. The van der Waals surface area contributed by atoms with Gasteiger partial charge in [0.25, 0.3) is 0 Å². The number of carboxylic acid groups (broad SMARTS) is 1. The quantitative estimate of drug-likeness (QED) is 0.638. The second-order valence-corrected chi connectivity index (χ2v) is 10.1. The predicted octanol–water partition coefficient (Wildman–Crippen LogP) is 2.43. The van der Waals surface area contributed by atoms with E-state index in [2.05, 4.69) is 22.3 Å². The highest BCUT2D eigenvalue weighted by Gasteiger charge is 2.77. The number of thioether (sulfide) groups is 1. The number of likely N-dealkylation sites (tertiary alicyclic amines) is 1. The second-order valence-electron chi connectivity index (χ2n) is 8.76. The molecular weight excluding hydrogens is 412 g/mol. The van der Waals surface area contributed by atoms with Crippen molar-refractivity contribution in [2.45, 2.75) is 55.7 Å². The van der Waals surface area contributed by atoms with E-state index in [0.717, 1.165) is 18.7 Å². The highest BCUT2D eigenvalue weighted by atomic mass is 32.2. The summed E-state index contributed by atoms with van der Waals surface area (Å²) in [6, 6.07) is 9.58. The van der Waals surface area contributed by atoms with Crippen LogP contribution < -0.4 is 5.32 Å². The summed E-state index contributed by atoms with van der Waals surface area (Å²) >= 11 is 1.34. The third kappa shape index (κ3) is 3.90. The lowest BCUT2D eigenvalue weighted by atomic mass is 10.1. The smallest absolute Gasteiger partial charge is 0.327 e. The molecule has 2 N–H and O–H groups in total. The molecule has 1 aliphatic carbocycles. The van der Waals surface area contributed by atoms with Crippen LogP contribution in [0.1, 0.15) is 32.3 Å². The molecule has 7 nitrogen and oxygen atoms in total. The Hall–Kier alpha value is -2.24. The van der Waals surface area contributed by atoms with Crippen molar-refractivity contribution in [3.05, 3.63) is 29.8 Å². The lowest BCUT2D eigenvalue weighted by Gasteiger charge is -2.34. The monoisotopic (exact) mass is 442 g/mol. The van der Waals surface area contributed by atoms with Crippen molar-refractivity contribution >= 4 is 29.3 Å². The van der Waals surface area contributed by atoms with Crippen LogP contribution in [-0.2, 0) is 16.0 Å². The largest absolute Gasteiger partial charge is 0.480 e. The minimum atomic E-state index is -1.49. The van der Waals surface area contributed by atoms with E-state index < -0.39 is 22.7 Å². The van der Waals surface area contributed by atoms with Gasteiger partial charge in [-0.25, -0.2) is 0 Å². The van der Waals surface area contributed by atoms with Gasteiger partial charge >= 0.3 is 5.97 Å². The Morgan fingerprint density at radius 3 is 2.81 bits per heavy atom. The summed E-state index contributed by atoms with van der Waals surface area (Å²) < 4.78 is 0. The van der Waals surface area contributed by atoms with Crippen LogP contribution in [0.15, 0.2) is 24.3 Å². The van der Waals surface area contributed by atoms with E-state index in [4.69, 9.17) is 0 Å². The zero-order chi connectivity index (χ0) is 22.2. The van der Waals surface area contributed by atoms with Crippen LogP contribution in [-0.4, -0.2) is 75.5 Å². The molecule has 8 heteroatoms. The Labute approximate surface area is 187 Å². The minimum Gasteiger partial charge on any atom is -0.480 e. The lowest BCUT2D eigenvalue weighted by Crippen LogP contribution is -2.49. The summed E-state index contributed by atoms with van der Waals surface area (Å²) in [5, 5.41) is 21.9. The number of carboxylic acids is 1. The Kier molecular flexibility index (Phi) is 6.18. The Balaban J connectivity index is 1.43. The zero-order valence-corrected chi connectivity index (χ0v) is 18.9. The van der Waals surface area contributed by atoms with Gasteiger partial charge < -0.3 is 20.2 Å². The van der Waals surface area contributed by atoms with E-state index in [9.17, 15) is 20.0 Å². The topological polar surface area (TPSA) is 96.7 Å². The van der Waals surface area contributed by atoms with Gasteiger partial charge in [0, 0.05) is 24.8 Å². The zero-order valence-electron chi connectivity index (χ0n) is 18.1. The maximum atomic E-state index is 13.1. The Morgan fingerprint density at radius 2 is 2.16 bits per heavy atom. The van der Waals surface area contributed by atoms with Gasteiger partial charge in [0.05, 0.1) is 17.4 Å². The average Bonchev–Trinajstić information content (AvgIpc) is 3.12. The summed E-state index contributed by atoms with van der Waals surface area (Å²) in [4.78, 5) is 29.0. The van der Waals surface area contributed by atoms with Crippen molar-refractivity contribution in [3.63, 3.8) is 0 Å². The molecule has 0 radical (unpaired) electrons. The molecule has 0 aromatic heterocycles. The molecule has 3 fully saturated rings. The number of fused-ring (bicyclic) bond motifs is 1. The van der Waals surface area contributed by atoms with Crippen molar-refractivity contribution in [2.24, 2.45) is 5.41 Å². The van der Waals surface area contributed by atoms with Gasteiger partial charge in [-0.15, -0.1) is 11.8 Å². The number of amides is 1. The first-order valence-electron chi connectivity index (χ1n) is 11.1. The van der Waals surface area contributed by atoms with E-state index in [1.54, 1.807) is 4.90 Å². The second kappa shape index (κ2) is 8.71. The van der Waals surface area contributed by atoms with Gasteiger partial charge in [-0.2, -0.15) is 5.26 Å². The van der Waals surface area contributed by atoms with Crippen molar-refractivity contribution in [3.8, 4) is 6.07 Å². The number of aliphatic carboxylic acids is 1. The molecule has 4 unspecified atom stereocenters. The van der Waals surface area contributed by atoms with E-state index in [-0.39, 0.29) is 17.2 Å². The number of hydrogen-bond acceptors (Lipinski definition) is 6. The Bertz CT molecular complexity index is 897. The molecule has 5 atom stereocenters. The summed E-state index contributed by atoms with van der Waals surface area (Å²) in [5.41, 5.74) is 0.740. The number of carbonyl (C=O) groups is 2. The number of carbonyl (C=O) groups excluding carboxylic acids is 1. The van der Waals surface area contributed by atoms with Crippen LogP contribution in [0.3, 0.4) is 0 Å². The predicted molar refractivity (Wildman–Crippen MR) is 121 cm³/mol. The van der Waals surface area contributed by atoms with Crippen LogP contribution in [0, 0.1) is 16.7 Å². The molecule has 0 bridgehead atoms. The molecule has 1 amide bonds. The van der Waals surface area contributed by atoms with Crippen molar-refractivity contribution in [2.75, 3.05) is 31.5 Å². The van der Waals surface area contributed by atoms with Gasteiger partial charge in [-0.05, 0) is 63.9 Å². The molecule has 1 aromatic carbocycles. The molecule has 1 aromatic rings. The van der Waals surface area contributed by atoms with E-state index >= 15 is 0 Å². The molecule has 2 saturated heterocycles.